The van der Waals surface area contributed by atoms with Crippen molar-refractivity contribution in [2.24, 2.45) is 0 Å². The van der Waals surface area contributed by atoms with Crippen LogP contribution in [-0.2, 0) is 16.0 Å². The maximum absolute atomic E-state index is 11.8. The molecular weight excluding hydrogens is 270 g/mol. The number of carboxylic acids is 1. The van der Waals surface area contributed by atoms with Crippen molar-refractivity contribution in [3.05, 3.63) is 36.0 Å². The van der Waals surface area contributed by atoms with Gasteiger partial charge in [0.05, 0.1) is 6.04 Å². The molecule has 1 unspecified atom stereocenters. The van der Waals surface area contributed by atoms with Crippen LogP contribution in [0.5, 0.6) is 0 Å². The number of hydrogen-bond donors (Lipinski definition) is 4. The van der Waals surface area contributed by atoms with Crippen LogP contribution in [0, 0.1) is 0 Å². The van der Waals surface area contributed by atoms with Gasteiger partial charge in [0, 0.05) is 23.5 Å². The summed E-state index contributed by atoms with van der Waals surface area (Å²) in [6, 6.07) is 6.28. The van der Waals surface area contributed by atoms with Crippen LogP contribution in [0.25, 0.3) is 10.9 Å². The molecule has 2 atom stereocenters. The third-order valence-corrected chi connectivity index (χ3v) is 3.54. The van der Waals surface area contributed by atoms with E-state index in [0.29, 0.717) is 0 Å². The first kappa shape index (κ1) is 15.1. The Kier molecular flexibility index (Phi) is 4.59. The SMILES string of the molecule is CNC(C)C(=O)N[C@H](Cc1c[nH]c2ccccc12)C(=O)O. The Labute approximate surface area is 122 Å². The molecule has 0 radical (unpaired) electrons. The van der Waals surface area contributed by atoms with Crippen molar-refractivity contribution in [3.8, 4) is 0 Å². The van der Waals surface area contributed by atoms with E-state index < -0.39 is 18.1 Å². The lowest BCUT2D eigenvalue weighted by atomic mass is 10.0. The standard InChI is InChI=1S/C15H19N3O3/c1-9(16-2)14(19)18-13(15(20)21)7-10-8-17-12-6-4-3-5-11(10)12/h3-6,8-9,13,16-17H,7H2,1-2H3,(H,18,19)(H,20,21)/t9?,13-/m1/s1. The number of rotatable bonds is 6. The highest BCUT2D eigenvalue weighted by molar-refractivity contribution is 5.88. The first-order valence-electron chi connectivity index (χ1n) is 6.78. The first-order valence-corrected chi connectivity index (χ1v) is 6.78. The fraction of sp³-hybridized carbons (Fsp3) is 0.333. The van der Waals surface area contributed by atoms with Gasteiger partial charge in [-0.2, -0.15) is 0 Å². The third-order valence-electron chi connectivity index (χ3n) is 3.54. The number of nitrogens with one attached hydrogen (secondary N) is 3. The monoisotopic (exact) mass is 289 g/mol. The molecule has 0 saturated carbocycles. The summed E-state index contributed by atoms with van der Waals surface area (Å²) in [4.78, 5) is 26.3. The van der Waals surface area contributed by atoms with Gasteiger partial charge in [-0.3, -0.25) is 4.79 Å². The third kappa shape index (κ3) is 3.41. The van der Waals surface area contributed by atoms with Crippen LogP contribution in [0.1, 0.15) is 12.5 Å². The predicted molar refractivity (Wildman–Crippen MR) is 80.1 cm³/mol. The largest absolute Gasteiger partial charge is 0.480 e. The van der Waals surface area contributed by atoms with Crippen LogP contribution in [0.4, 0.5) is 0 Å². The smallest absolute Gasteiger partial charge is 0.326 e. The average molecular weight is 289 g/mol. The Morgan fingerprint density at radius 1 is 1.33 bits per heavy atom. The molecule has 21 heavy (non-hydrogen) atoms. The second-order valence-corrected chi connectivity index (χ2v) is 4.97. The number of aromatic amines is 1. The number of carbonyl (C=O) groups excluding carboxylic acids is 1. The van der Waals surface area contributed by atoms with Crippen molar-refractivity contribution in [1.82, 2.24) is 15.6 Å². The Hall–Kier alpha value is -2.34. The van der Waals surface area contributed by atoms with Gasteiger partial charge in [-0.15, -0.1) is 0 Å². The lowest BCUT2D eigenvalue weighted by molar-refractivity contribution is -0.142. The summed E-state index contributed by atoms with van der Waals surface area (Å²) in [5.41, 5.74) is 1.82. The van der Waals surface area contributed by atoms with Crippen LogP contribution in [-0.4, -0.2) is 41.1 Å². The fourth-order valence-corrected chi connectivity index (χ4v) is 2.15. The summed E-state index contributed by atoms with van der Waals surface area (Å²) in [6.07, 6.45) is 2.02. The number of hydrogen-bond acceptors (Lipinski definition) is 3. The Bertz CT molecular complexity index is 650. The zero-order valence-electron chi connectivity index (χ0n) is 12.0. The van der Waals surface area contributed by atoms with E-state index in [2.05, 4.69) is 15.6 Å². The summed E-state index contributed by atoms with van der Waals surface area (Å²) in [6.45, 7) is 1.68. The van der Waals surface area contributed by atoms with Crippen LogP contribution in [0.15, 0.2) is 30.5 Å². The summed E-state index contributed by atoms with van der Waals surface area (Å²) in [7, 11) is 1.65. The van der Waals surface area contributed by atoms with E-state index in [1.165, 1.54) is 0 Å². The molecule has 2 aromatic rings. The highest BCUT2D eigenvalue weighted by Crippen LogP contribution is 2.19. The van der Waals surface area contributed by atoms with E-state index >= 15 is 0 Å². The number of carbonyl (C=O) groups is 2. The van der Waals surface area contributed by atoms with Crippen LogP contribution < -0.4 is 10.6 Å². The van der Waals surface area contributed by atoms with Gasteiger partial charge >= 0.3 is 5.97 Å². The number of aromatic nitrogens is 1. The lowest BCUT2D eigenvalue weighted by Crippen LogP contribution is -2.49. The Morgan fingerprint density at radius 3 is 2.71 bits per heavy atom. The molecule has 0 aliphatic heterocycles. The van der Waals surface area contributed by atoms with Crippen LogP contribution >= 0.6 is 0 Å². The number of likely N-dealkylation sites (N-methyl/N-ethyl adjacent to an activating group) is 1. The minimum atomic E-state index is -1.04. The molecule has 2 rings (SSSR count). The molecule has 1 heterocycles. The highest BCUT2D eigenvalue weighted by Gasteiger charge is 2.23. The van der Waals surface area contributed by atoms with Crippen molar-refractivity contribution < 1.29 is 14.7 Å². The van der Waals surface area contributed by atoms with E-state index in [9.17, 15) is 14.7 Å². The van der Waals surface area contributed by atoms with Gasteiger partial charge in [-0.1, -0.05) is 18.2 Å². The average Bonchev–Trinajstić information content (AvgIpc) is 2.88. The Balaban J connectivity index is 2.17. The van der Waals surface area contributed by atoms with E-state index in [1.807, 2.05) is 24.3 Å². The zero-order chi connectivity index (χ0) is 15.4. The summed E-state index contributed by atoms with van der Waals surface area (Å²) < 4.78 is 0. The number of para-hydroxylation sites is 1. The number of fused-ring (bicyclic) bond motifs is 1. The van der Waals surface area contributed by atoms with Gasteiger partial charge in [0.25, 0.3) is 0 Å². The molecule has 112 valence electrons. The summed E-state index contributed by atoms with van der Waals surface area (Å²) >= 11 is 0. The second kappa shape index (κ2) is 6.41. The minimum absolute atomic E-state index is 0.238. The maximum Gasteiger partial charge on any atom is 0.326 e. The number of carboxylic acid groups (broad SMARTS) is 1. The zero-order valence-corrected chi connectivity index (χ0v) is 12.0. The number of benzene rings is 1. The van der Waals surface area contributed by atoms with Crippen LogP contribution in [0.2, 0.25) is 0 Å². The van der Waals surface area contributed by atoms with Crippen LogP contribution in [0.3, 0.4) is 0 Å². The van der Waals surface area contributed by atoms with E-state index in [-0.39, 0.29) is 12.3 Å². The van der Waals surface area contributed by atoms with Gasteiger partial charge in [-0.25, -0.2) is 4.79 Å². The van der Waals surface area contributed by atoms with Crippen molar-refractivity contribution in [1.29, 1.82) is 0 Å². The normalized spacial score (nSPS) is 13.8. The van der Waals surface area contributed by atoms with Crippen molar-refractivity contribution in [2.75, 3.05) is 7.05 Å². The van der Waals surface area contributed by atoms with Gasteiger partial charge in [0.1, 0.15) is 6.04 Å². The molecule has 0 bridgehead atoms. The van der Waals surface area contributed by atoms with Gasteiger partial charge < -0.3 is 20.7 Å². The molecule has 4 N–H and O–H groups in total. The van der Waals surface area contributed by atoms with Crippen molar-refractivity contribution in [3.63, 3.8) is 0 Å². The molecule has 0 aliphatic rings. The van der Waals surface area contributed by atoms with E-state index in [4.69, 9.17) is 0 Å². The fourth-order valence-electron chi connectivity index (χ4n) is 2.15. The van der Waals surface area contributed by atoms with Gasteiger partial charge in [0.2, 0.25) is 5.91 Å². The van der Waals surface area contributed by atoms with Gasteiger partial charge in [-0.05, 0) is 25.6 Å². The van der Waals surface area contributed by atoms with E-state index in [0.717, 1.165) is 16.5 Å². The molecule has 0 fully saturated rings. The predicted octanol–water partition coefficient (Wildman–Crippen LogP) is 0.888. The quantitative estimate of drug-likeness (QED) is 0.635. The molecule has 0 saturated heterocycles. The van der Waals surface area contributed by atoms with Gasteiger partial charge in [0.15, 0.2) is 0 Å². The molecule has 0 spiro atoms. The summed E-state index contributed by atoms with van der Waals surface area (Å²) in [5, 5.41) is 15.6. The minimum Gasteiger partial charge on any atom is -0.480 e. The number of H-pyrrole nitrogens is 1. The molecule has 6 nitrogen and oxygen atoms in total. The molecule has 0 aliphatic carbocycles. The van der Waals surface area contributed by atoms with E-state index in [1.54, 1.807) is 20.2 Å². The highest BCUT2D eigenvalue weighted by atomic mass is 16.4. The number of amides is 1. The molecule has 6 heteroatoms. The molecule has 1 aromatic heterocycles. The number of aliphatic carboxylic acids is 1. The molecular formula is C15H19N3O3. The summed E-state index contributed by atoms with van der Waals surface area (Å²) in [5.74, 6) is -1.37. The topological polar surface area (TPSA) is 94.2 Å². The first-order chi connectivity index (χ1) is 10.0. The Morgan fingerprint density at radius 2 is 2.05 bits per heavy atom. The maximum atomic E-state index is 11.8. The second-order valence-electron chi connectivity index (χ2n) is 4.97. The molecule has 1 amide bonds. The lowest BCUT2D eigenvalue weighted by Gasteiger charge is -2.17. The van der Waals surface area contributed by atoms with Crippen molar-refractivity contribution in [2.45, 2.75) is 25.4 Å². The molecule has 1 aromatic carbocycles. The van der Waals surface area contributed by atoms with Crippen molar-refractivity contribution >= 4 is 22.8 Å².